The van der Waals surface area contributed by atoms with E-state index in [0.29, 0.717) is 16.6 Å². The average molecular weight is 416 g/mol. The highest BCUT2D eigenvalue weighted by atomic mass is 32.2. The van der Waals surface area contributed by atoms with E-state index < -0.39 is 28.4 Å². The predicted octanol–water partition coefficient (Wildman–Crippen LogP) is 0.398. The number of anilines is 1. The van der Waals surface area contributed by atoms with Crippen molar-refractivity contribution in [1.82, 2.24) is 14.3 Å². The topological polar surface area (TPSA) is 147 Å². The number of benzene rings is 2. The number of hydrogen-bond acceptors (Lipinski definition) is 6. The van der Waals surface area contributed by atoms with Crippen LogP contribution in [0, 0.1) is 0 Å². The fourth-order valence-corrected chi connectivity index (χ4v) is 3.51. The van der Waals surface area contributed by atoms with Crippen molar-refractivity contribution in [3.8, 4) is 0 Å². The van der Waals surface area contributed by atoms with Gasteiger partial charge in [0.15, 0.2) is 0 Å². The molecule has 0 fully saturated rings. The van der Waals surface area contributed by atoms with Crippen molar-refractivity contribution in [3.05, 3.63) is 65.2 Å². The second-order valence-electron chi connectivity index (χ2n) is 5.99. The van der Waals surface area contributed by atoms with Crippen molar-refractivity contribution in [3.63, 3.8) is 0 Å². The number of aromatic nitrogens is 2. The number of amides is 1. The summed E-state index contributed by atoms with van der Waals surface area (Å²) in [6.07, 6.45) is 1.29. The summed E-state index contributed by atoms with van der Waals surface area (Å²) in [6.45, 7) is -1.01. The molecule has 0 radical (unpaired) electrons. The molecule has 1 aromatic heterocycles. The Kier molecular flexibility index (Phi) is 5.71. The summed E-state index contributed by atoms with van der Waals surface area (Å²) >= 11 is 0. The number of fused-ring (bicyclic) bond motifs is 1. The van der Waals surface area contributed by atoms with Crippen molar-refractivity contribution in [2.24, 2.45) is 0 Å². The second-order valence-corrected chi connectivity index (χ2v) is 7.75. The van der Waals surface area contributed by atoms with E-state index in [-0.39, 0.29) is 17.0 Å². The van der Waals surface area contributed by atoms with Gasteiger partial charge in [-0.2, -0.15) is 4.72 Å². The molecule has 10 nitrogen and oxygen atoms in total. The van der Waals surface area contributed by atoms with Gasteiger partial charge in [-0.1, -0.05) is 12.1 Å². The Labute approximate surface area is 164 Å². The van der Waals surface area contributed by atoms with Crippen molar-refractivity contribution >= 4 is 38.5 Å². The molecule has 0 bridgehead atoms. The van der Waals surface area contributed by atoms with Crippen molar-refractivity contribution < 1.29 is 23.1 Å². The molecule has 150 valence electrons. The fraction of sp³-hybridized carbons (Fsp3) is 0.111. The number of carbonyl (C=O) groups excluding carboxylic acids is 1. The molecule has 3 aromatic rings. The molecular formula is C18H16N4O6S. The van der Waals surface area contributed by atoms with Crippen molar-refractivity contribution in [2.45, 2.75) is 11.4 Å². The first-order valence-corrected chi connectivity index (χ1v) is 9.80. The van der Waals surface area contributed by atoms with E-state index in [1.165, 1.54) is 35.2 Å². The Morgan fingerprint density at radius 2 is 1.76 bits per heavy atom. The third-order valence-electron chi connectivity index (χ3n) is 3.91. The molecular weight excluding hydrogens is 400 g/mol. The molecule has 3 rings (SSSR count). The molecule has 0 unspecified atom stereocenters. The van der Waals surface area contributed by atoms with Gasteiger partial charge in [0.1, 0.15) is 13.1 Å². The standard InChI is InChI=1S/C18H16N4O6S/c23-16(10-22-11-19-15-4-2-1-3-14(15)18(22)26)21-12-5-7-13(8-6-12)29(27,28)20-9-17(24)25/h1-8,11,20H,9-10H2,(H,21,23)(H,24,25). The smallest absolute Gasteiger partial charge is 0.318 e. The SMILES string of the molecule is O=C(O)CNS(=O)(=O)c1ccc(NC(=O)Cn2cnc3ccccc3c2=O)cc1. The average Bonchev–Trinajstić information content (AvgIpc) is 2.69. The highest BCUT2D eigenvalue weighted by Crippen LogP contribution is 2.14. The van der Waals surface area contributed by atoms with Gasteiger partial charge in [0.05, 0.1) is 22.1 Å². The maximum Gasteiger partial charge on any atom is 0.318 e. The number of sulfonamides is 1. The molecule has 0 spiro atoms. The first-order chi connectivity index (χ1) is 13.8. The highest BCUT2D eigenvalue weighted by molar-refractivity contribution is 7.89. The second kappa shape index (κ2) is 8.20. The fourth-order valence-electron chi connectivity index (χ4n) is 2.53. The van der Waals surface area contributed by atoms with Crippen LogP contribution in [0.4, 0.5) is 5.69 Å². The third-order valence-corrected chi connectivity index (χ3v) is 5.32. The lowest BCUT2D eigenvalue weighted by Gasteiger charge is -2.09. The van der Waals surface area contributed by atoms with Gasteiger partial charge in [-0.15, -0.1) is 0 Å². The van der Waals surface area contributed by atoms with Crippen LogP contribution in [0.15, 0.2) is 64.5 Å². The van der Waals surface area contributed by atoms with Gasteiger partial charge in [-0.05, 0) is 36.4 Å². The van der Waals surface area contributed by atoms with E-state index in [0.717, 1.165) is 0 Å². The Morgan fingerprint density at radius 1 is 1.07 bits per heavy atom. The van der Waals surface area contributed by atoms with E-state index in [9.17, 15) is 22.8 Å². The summed E-state index contributed by atoms with van der Waals surface area (Å²) in [7, 11) is -3.97. The molecule has 29 heavy (non-hydrogen) atoms. The van der Waals surface area contributed by atoms with Crippen LogP contribution < -0.4 is 15.6 Å². The van der Waals surface area contributed by atoms with Crippen molar-refractivity contribution in [2.75, 3.05) is 11.9 Å². The maximum absolute atomic E-state index is 12.4. The van der Waals surface area contributed by atoms with Crippen LogP contribution in [0.5, 0.6) is 0 Å². The van der Waals surface area contributed by atoms with E-state index in [1.807, 2.05) is 4.72 Å². The van der Waals surface area contributed by atoms with Crippen LogP contribution in [-0.4, -0.2) is 41.5 Å². The molecule has 0 aliphatic rings. The first kappa shape index (κ1) is 20.2. The lowest BCUT2D eigenvalue weighted by Crippen LogP contribution is -2.29. The van der Waals surface area contributed by atoms with Crippen LogP contribution in [0.2, 0.25) is 0 Å². The molecule has 3 N–H and O–H groups in total. The van der Waals surface area contributed by atoms with Gasteiger partial charge in [0.25, 0.3) is 5.56 Å². The summed E-state index contributed by atoms with van der Waals surface area (Å²) in [5, 5.41) is 11.5. The monoisotopic (exact) mass is 416 g/mol. The minimum atomic E-state index is -3.97. The summed E-state index contributed by atoms with van der Waals surface area (Å²) < 4.78 is 27.0. The van der Waals surface area contributed by atoms with Gasteiger partial charge < -0.3 is 10.4 Å². The Hall–Kier alpha value is -3.57. The number of carboxylic acid groups (broad SMARTS) is 1. The van der Waals surface area contributed by atoms with Gasteiger partial charge in [0.2, 0.25) is 15.9 Å². The quantitative estimate of drug-likeness (QED) is 0.505. The molecule has 2 aromatic carbocycles. The lowest BCUT2D eigenvalue weighted by atomic mass is 10.2. The number of aliphatic carboxylic acids is 1. The number of para-hydroxylation sites is 1. The van der Waals surface area contributed by atoms with E-state index in [1.54, 1.807) is 24.3 Å². The Bertz CT molecular complexity index is 1240. The normalized spacial score (nSPS) is 11.3. The number of rotatable bonds is 7. The molecule has 0 aliphatic carbocycles. The molecule has 0 atom stereocenters. The largest absolute Gasteiger partial charge is 0.480 e. The minimum Gasteiger partial charge on any atom is -0.480 e. The van der Waals surface area contributed by atoms with Crippen LogP contribution in [0.3, 0.4) is 0 Å². The van der Waals surface area contributed by atoms with Gasteiger partial charge in [-0.3, -0.25) is 19.0 Å². The third kappa shape index (κ3) is 4.83. The zero-order chi connectivity index (χ0) is 21.0. The highest BCUT2D eigenvalue weighted by Gasteiger charge is 2.15. The Morgan fingerprint density at radius 3 is 2.45 bits per heavy atom. The zero-order valence-electron chi connectivity index (χ0n) is 14.9. The number of hydrogen-bond donors (Lipinski definition) is 3. The number of carboxylic acids is 1. The number of nitrogens with one attached hydrogen (secondary N) is 2. The first-order valence-electron chi connectivity index (χ1n) is 8.32. The van der Waals surface area contributed by atoms with E-state index in [4.69, 9.17) is 5.11 Å². The van der Waals surface area contributed by atoms with Gasteiger partial charge >= 0.3 is 5.97 Å². The minimum absolute atomic E-state index is 0.147. The van der Waals surface area contributed by atoms with Crippen LogP contribution in [0.1, 0.15) is 0 Å². The number of carbonyl (C=O) groups is 2. The van der Waals surface area contributed by atoms with Crippen molar-refractivity contribution in [1.29, 1.82) is 0 Å². The van der Waals surface area contributed by atoms with E-state index >= 15 is 0 Å². The van der Waals surface area contributed by atoms with Crippen LogP contribution >= 0.6 is 0 Å². The number of nitrogens with zero attached hydrogens (tertiary/aromatic N) is 2. The molecule has 1 heterocycles. The van der Waals surface area contributed by atoms with Crippen LogP contribution in [0.25, 0.3) is 10.9 Å². The zero-order valence-corrected chi connectivity index (χ0v) is 15.7. The van der Waals surface area contributed by atoms with E-state index in [2.05, 4.69) is 10.3 Å². The summed E-state index contributed by atoms with van der Waals surface area (Å²) in [6, 6.07) is 11.9. The van der Waals surface area contributed by atoms with Gasteiger partial charge in [-0.25, -0.2) is 13.4 Å². The van der Waals surface area contributed by atoms with Gasteiger partial charge in [0, 0.05) is 5.69 Å². The maximum atomic E-state index is 12.4. The predicted molar refractivity (Wildman–Crippen MR) is 104 cm³/mol. The Balaban J connectivity index is 1.69. The molecule has 11 heteroatoms. The molecule has 1 amide bonds. The molecule has 0 saturated heterocycles. The summed E-state index contributed by atoms with van der Waals surface area (Å²) in [4.78, 5) is 39.1. The van der Waals surface area contributed by atoms with Crippen LogP contribution in [-0.2, 0) is 26.2 Å². The molecule has 0 saturated carbocycles. The summed E-state index contributed by atoms with van der Waals surface area (Å²) in [5.41, 5.74) is 0.494. The summed E-state index contributed by atoms with van der Waals surface area (Å²) in [5.74, 6) is -1.81. The molecule has 0 aliphatic heterocycles. The lowest BCUT2D eigenvalue weighted by molar-refractivity contribution is -0.135.